The van der Waals surface area contributed by atoms with Gasteiger partial charge in [0.25, 0.3) is 5.91 Å². The second-order valence-corrected chi connectivity index (χ2v) is 6.04. The van der Waals surface area contributed by atoms with E-state index in [1.54, 1.807) is 6.20 Å². The van der Waals surface area contributed by atoms with Crippen LogP contribution in [0.2, 0.25) is 0 Å². The zero-order valence-electron chi connectivity index (χ0n) is 12.9. The predicted molar refractivity (Wildman–Crippen MR) is 94.0 cm³/mol. The Hall–Kier alpha value is -2.47. The van der Waals surface area contributed by atoms with E-state index in [-0.39, 0.29) is 5.91 Å². The van der Waals surface area contributed by atoms with E-state index in [2.05, 4.69) is 20.0 Å². The molecule has 2 heterocycles. The lowest BCUT2D eigenvalue weighted by molar-refractivity contribution is 0.0953. The Morgan fingerprint density at radius 1 is 1.22 bits per heavy atom. The van der Waals surface area contributed by atoms with Crippen molar-refractivity contribution >= 4 is 33.5 Å². The number of pyridine rings is 1. The number of carbonyl (C=O) groups is 1. The number of anilines is 1. The third-order valence-electron chi connectivity index (χ3n) is 3.46. The molecule has 0 aliphatic heterocycles. The number of nitrogens with one attached hydrogen (secondary N) is 2. The Kier molecular flexibility index (Phi) is 4.83. The van der Waals surface area contributed by atoms with Gasteiger partial charge in [-0.2, -0.15) is 4.37 Å². The molecule has 3 aromatic rings. The number of hydrogen-bond acceptors (Lipinski definition) is 5. The van der Waals surface area contributed by atoms with Crippen molar-refractivity contribution in [2.75, 3.05) is 18.4 Å². The Bertz CT molecular complexity index is 815. The van der Waals surface area contributed by atoms with E-state index < -0.39 is 0 Å². The van der Waals surface area contributed by atoms with Crippen LogP contribution >= 0.6 is 11.5 Å². The fraction of sp³-hybridized carbons (Fsp3) is 0.235. The molecule has 1 amide bonds. The lowest BCUT2D eigenvalue weighted by Crippen LogP contribution is -2.25. The second-order valence-electron chi connectivity index (χ2n) is 5.29. The molecule has 118 valence electrons. The van der Waals surface area contributed by atoms with Crippen molar-refractivity contribution in [1.82, 2.24) is 14.7 Å². The molecule has 0 radical (unpaired) electrons. The van der Waals surface area contributed by atoms with E-state index in [4.69, 9.17) is 0 Å². The SMILES string of the molecule is Cc1cccc(C(=O)NCCCNc2nsc3ncccc23)c1. The summed E-state index contributed by atoms with van der Waals surface area (Å²) in [7, 11) is 0. The first-order valence-corrected chi connectivity index (χ1v) is 8.30. The molecule has 0 aliphatic rings. The van der Waals surface area contributed by atoms with Crippen LogP contribution in [0.5, 0.6) is 0 Å². The first-order chi connectivity index (χ1) is 11.2. The summed E-state index contributed by atoms with van der Waals surface area (Å²) in [6.45, 7) is 3.36. The maximum atomic E-state index is 12.0. The number of benzene rings is 1. The molecule has 0 aliphatic carbocycles. The molecule has 2 aromatic heterocycles. The second kappa shape index (κ2) is 7.19. The van der Waals surface area contributed by atoms with Gasteiger partial charge in [-0.3, -0.25) is 4.79 Å². The average molecular weight is 326 g/mol. The molecule has 0 spiro atoms. The Morgan fingerprint density at radius 3 is 3.00 bits per heavy atom. The summed E-state index contributed by atoms with van der Waals surface area (Å²) < 4.78 is 4.37. The normalized spacial score (nSPS) is 10.7. The van der Waals surface area contributed by atoms with Gasteiger partial charge in [-0.1, -0.05) is 17.7 Å². The number of amides is 1. The van der Waals surface area contributed by atoms with Crippen molar-refractivity contribution in [3.05, 3.63) is 53.7 Å². The highest BCUT2D eigenvalue weighted by atomic mass is 32.1. The molecular weight excluding hydrogens is 308 g/mol. The number of aromatic nitrogens is 2. The van der Waals surface area contributed by atoms with Gasteiger partial charge in [-0.05, 0) is 49.1 Å². The number of hydrogen-bond donors (Lipinski definition) is 2. The van der Waals surface area contributed by atoms with Crippen LogP contribution in [0.4, 0.5) is 5.82 Å². The molecule has 6 heteroatoms. The van der Waals surface area contributed by atoms with E-state index in [0.717, 1.165) is 34.6 Å². The van der Waals surface area contributed by atoms with Gasteiger partial charge in [0, 0.05) is 24.8 Å². The summed E-state index contributed by atoms with van der Waals surface area (Å²) in [5.74, 6) is 0.833. The van der Waals surface area contributed by atoms with Crippen molar-refractivity contribution < 1.29 is 4.79 Å². The fourth-order valence-corrected chi connectivity index (χ4v) is 3.01. The van der Waals surface area contributed by atoms with Crippen LogP contribution in [0.1, 0.15) is 22.3 Å². The van der Waals surface area contributed by atoms with Crippen molar-refractivity contribution in [3.63, 3.8) is 0 Å². The zero-order chi connectivity index (χ0) is 16.1. The molecule has 0 atom stereocenters. The molecule has 3 rings (SSSR count). The van der Waals surface area contributed by atoms with E-state index in [0.29, 0.717) is 12.1 Å². The van der Waals surface area contributed by atoms with E-state index in [1.807, 2.05) is 43.3 Å². The van der Waals surface area contributed by atoms with Gasteiger partial charge in [0.05, 0.1) is 5.39 Å². The van der Waals surface area contributed by atoms with Crippen molar-refractivity contribution in [2.45, 2.75) is 13.3 Å². The van der Waals surface area contributed by atoms with Gasteiger partial charge in [-0.15, -0.1) is 0 Å². The predicted octanol–water partition coefficient (Wildman–Crippen LogP) is 3.23. The van der Waals surface area contributed by atoms with Gasteiger partial charge < -0.3 is 10.6 Å². The molecule has 0 bridgehead atoms. The monoisotopic (exact) mass is 326 g/mol. The number of carbonyl (C=O) groups excluding carboxylic acids is 1. The minimum Gasteiger partial charge on any atom is -0.369 e. The molecular formula is C17H18N4OS. The van der Waals surface area contributed by atoms with E-state index >= 15 is 0 Å². The van der Waals surface area contributed by atoms with Crippen molar-refractivity contribution in [2.24, 2.45) is 0 Å². The number of aryl methyl sites for hydroxylation is 1. The van der Waals surface area contributed by atoms with Crippen LogP contribution in [0, 0.1) is 6.92 Å². The third-order valence-corrected chi connectivity index (χ3v) is 4.23. The van der Waals surface area contributed by atoms with Crippen LogP contribution in [0.15, 0.2) is 42.6 Å². The van der Waals surface area contributed by atoms with E-state index in [9.17, 15) is 4.79 Å². The van der Waals surface area contributed by atoms with Gasteiger partial charge in [-0.25, -0.2) is 4.98 Å². The van der Waals surface area contributed by atoms with Crippen molar-refractivity contribution in [3.8, 4) is 0 Å². The Morgan fingerprint density at radius 2 is 2.13 bits per heavy atom. The van der Waals surface area contributed by atoms with Gasteiger partial charge in [0.15, 0.2) is 0 Å². The fourth-order valence-electron chi connectivity index (χ4n) is 2.29. The van der Waals surface area contributed by atoms with Crippen LogP contribution in [-0.4, -0.2) is 28.4 Å². The van der Waals surface area contributed by atoms with Crippen molar-refractivity contribution in [1.29, 1.82) is 0 Å². The topological polar surface area (TPSA) is 66.9 Å². The number of nitrogens with zero attached hydrogens (tertiary/aromatic N) is 2. The summed E-state index contributed by atoms with van der Waals surface area (Å²) >= 11 is 1.39. The minimum atomic E-state index is -0.0305. The Balaban J connectivity index is 1.44. The number of rotatable bonds is 6. The van der Waals surface area contributed by atoms with Crippen LogP contribution in [0.3, 0.4) is 0 Å². The van der Waals surface area contributed by atoms with Crippen LogP contribution in [-0.2, 0) is 0 Å². The van der Waals surface area contributed by atoms with E-state index in [1.165, 1.54) is 11.5 Å². The highest BCUT2D eigenvalue weighted by Crippen LogP contribution is 2.23. The summed E-state index contributed by atoms with van der Waals surface area (Å²) in [5.41, 5.74) is 1.79. The summed E-state index contributed by atoms with van der Waals surface area (Å²) in [4.78, 5) is 17.2. The molecule has 5 nitrogen and oxygen atoms in total. The summed E-state index contributed by atoms with van der Waals surface area (Å²) in [5, 5.41) is 7.28. The maximum absolute atomic E-state index is 12.0. The average Bonchev–Trinajstić information content (AvgIpc) is 2.98. The molecule has 1 aromatic carbocycles. The van der Waals surface area contributed by atoms with Gasteiger partial charge in [0.1, 0.15) is 10.6 Å². The highest BCUT2D eigenvalue weighted by Gasteiger charge is 2.06. The zero-order valence-corrected chi connectivity index (χ0v) is 13.7. The molecule has 0 fully saturated rings. The standard InChI is InChI=1S/C17H18N4OS/c1-12-5-2-6-13(11-12)16(22)19-10-4-9-18-15-14-7-3-8-20-17(14)23-21-15/h2-3,5-8,11H,4,9-10H2,1H3,(H,18,21)(H,19,22). The quantitative estimate of drug-likeness (QED) is 0.683. The Labute approximate surface area is 138 Å². The van der Waals surface area contributed by atoms with Gasteiger partial charge in [0.2, 0.25) is 0 Å². The first kappa shape index (κ1) is 15.4. The summed E-state index contributed by atoms with van der Waals surface area (Å²) in [6, 6.07) is 11.5. The maximum Gasteiger partial charge on any atom is 0.251 e. The largest absolute Gasteiger partial charge is 0.369 e. The first-order valence-electron chi connectivity index (χ1n) is 7.53. The number of fused-ring (bicyclic) bond motifs is 1. The smallest absolute Gasteiger partial charge is 0.251 e. The third kappa shape index (κ3) is 3.84. The minimum absolute atomic E-state index is 0.0305. The lowest BCUT2D eigenvalue weighted by Gasteiger charge is -2.07. The molecule has 23 heavy (non-hydrogen) atoms. The summed E-state index contributed by atoms with van der Waals surface area (Å²) in [6.07, 6.45) is 2.60. The van der Waals surface area contributed by atoms with Crippen LogP contribution in [0.25, 0.3) is 10.2 Å². The molecule has 0 unspecified atom stereocenters. The molecule has 0 saturated carbocycles. The highest BCUT2D eigenvalue weighted by molar-refractivity contribution is 7.13. The lowest BCUT2D eigenvalue weighted by atomic mass is 10.1. The molecule has 2 N–H and O–H groups in total. The molecule has 0 saturated heterocycles. The van der Waals surface area contributed by atoms with Crippen LogP contribution < -0.4 is 10.6 Å². The van der Waals surface area contributed by atoms with Gasteiger partial charge >= 0.3 is 0 Å².